The second-order valence-electron chi connectivity index (χ2n) is 8.47. The Morgan fingerprint density at radius 3 is 2.67 bits per heavy atom. The van der Waals surface area contributed by atoms with Gasteiger partial charge in [-0.05, 0) is 60.9 Å². The summed E-state index contributed by atoms with van der Waals surface area (Å²) in [6.07, 6.45) is 8.64. The second-order valence-corrected chi connectivity index (χ2v) is 8.47. The van der Waals surface area contributed by atoms with Crippen LogP contribution in [0.15, 0.2) is 61.1 Å². The van der Waals surface area contributed by atoms with Crippen molar-refractivity contribution in [3.05, 3.63) is 78.3 Å². The number of pyridine rings is 2. The van der Waals surface area contributed by atoms with Crippen LogP contribution in [0.5, 0.6) is 11.5 Å². The van der Waals surface area contributed by atoms with Crippen molar-refractivity contribution in [1.29, 1.82) is 0 Å². The zero-order valence-corrected chi connectivity index (χ0v) is 18.2. The Morgan fingerprint density at radius 2 is 1.97 bits per heavy atom. The second kappa shape index (κ2) is 9.94. The van der Waals surface area contributed by atoms with Gasteiger partial charge in [0.05, 0.1) is 6.20 Å². The fourth-order valence-electron chi connectivity index (χ4n) is 4.34. The zero-order valence-electron chi connectivity index (χ0n) is 18.2. The summed E-state index contributed by atoms with van der Waals surface area (Å²) < 4.78 is 33.2. The molecule has 0 radical (unpaired) electrons. The van der Waals surface area contributed by atoms with Gasteiger partial charge in [0, 0.05) is 28.8 Å². The first-order chi connectivity index (χ1) is 15.9. The van der Waals surface area contributed by atoms with Crippen LogP contribution in [-0.2, 0) is 4.79 Å². The quantitative estimate of drug-likeness (QED) is 0.395. The molecule has 0 bridgehead atoms. The molecule has 3 aromatic rings. The number of halogens is 2. The summed E-state index contributed by atoms with van der Waals surface area (Å²) in [5, 5.41) is 12.3. The van der Waals surface area contributed by atoms with E-state index in [0.29, 0.717) is 11.7 Å². The number of rotatable bonds is 6. The van der Waals surface area contributed by atoms with Gasteiger partial charge in [0.15, 0.2) is 11.6 Å². The van der Waals surface area contributed by atoms with Crippen LogP contribution in [0.4, 0.5) is 14.6 Å². The summed E-state index contributed by atoms with van der Waals surface area (Å²) in [5.74, 6) is -0.637. The van der Waals surface area contributed by atoms with Gasteiger partial charge in [-0.15, -0.1) is 0 Å². The van der Waals surface area contributed by atoms with E-state index in [1.165, 1.54) is 17.8 Å². The van der Waals surface area contributed by atoms with Crippen LogP contribution in [0, 0.1) is 23.5 Å². The Balaban J connectivity index is 1.34. The maximum absolute atomic E-state index is 13.8. The highest BCUT2D eigenvalue weighted by Crippen LogP contribution is 2.39. The van der Waals surface area contributed by atoms with E-state index >= 15 is 0 Å². The summed E-state index contributed by atoms with van der Waals surface area (Å²) in [5.41, 5.74) is 1.17. The Bertz CT molecular complexity index is 1110. The number of anilines is 1. The molecule has 1 fully saturated rings. The standard InChI is InChI=1S/C25H25F2N3O3/c1-16(18-3-2-4-19(13-18)17-9-11-30(32)12-10-17)25(31)29-24-8-6-21(15-28-24)33-23-7-5-20(26)14-22(23)27/h5-12,14-16,18-19H,2-4,13H2,1H3,(H-,28,29,31,32)/p+1/t16-,18?,19-/m1/s1. The molecule has 1 aromatic carbocycles. The molecule has 2 aromatic heterocycles. The number of hydrogen-bond donors (Lipinski definition) is 2. The number of aromatic nitrogens is 2. The average Bonchev–Trinajstić information content (AvgIpc) is 2.82. The molecule has 6 nitrogen and oxygen atoms in total. The number of ether oxygens (including phenoxy) is 1. The predicted octanol–water partition coefficient (Wildman–Crippen LogP) is 5.23. The Kier molecular flexibility index (Phi) is 6.82. The first kappa shape index (κ1) is 22.6. The third kappa shape index (κ3) is 5.63. The van der Waals surface area contributed by atoms with Gasteiger partial charge in [-0.3, -0.25) is 10.0 Å². The Labute approximate surface area is 190 Å². The summed E-state index contributed by atoms with van der Waals surface area (Å²) in [6, 6.07) is 10.0. The maximum Gasteiger partial charge on any atom is 0.228 e. The highest BCUT2D eigenvalue weighted by atomic mass is 19.1. The largest absolute Gasteiger partial charge is 0.453 e. The lowest BCUT2D eigenvalue weighted by atomic mass is 9.73. The third-order valence-electron chi connectivity index (χ3n) is 6.26. The molecular weight excluding hydrogens is 428 g/mol. The SMILES string of the molecule is C[C@@H](C(=O)Nc1ccc(Oc2ccc(F)cc2F)cn1)C1CCC[C@@H](c2cc[n+](O)cc2)C1. The summed E-state index contributed by atoms with van der Waals surface area (Å²) in [4.78, 5) is 17.0. The van der Waals surface area contributed by atoms with E-state index in [0.717, 1.165) is 42.5 Å². The number of nitrogens with one attached hydrogen (secondary N) is 1. The van der Waals surface area contributed by atoms with Crippen molar-refractivity contribution in [2.75, 3.05) is 5.32 Å². The zero-order chi connectivity index (χ0) is 23.4. The van der Waals surface area contributed by atoms with E-state index in [-0.39, 0.29) is 29.2 Å². The smallest absolute Gasteiger partial charge is 0.228 e. The van der Waals surface area contributed by atoms with Gasteiger partial charge in [0.2, 0.25) is 18.3 Å². The maximum atomic E-state index is 13.8. The topological polar surface area (TPSA) is 75.3 Å². The highest BCUT2D eigenvalue weighted by Gasteiger charge is 2.31. The summed E-state index contributed by atoms with van der Waals surface area (Å²) >= 11 is 0. The molecule has 0 aliphatic heterocycles. The monoisotopic (exact) mass is 454 g/mol. The molecule has 1 amide bonds. The molecular formula is C25H26F2N3O3+. The van der Waals surface area contributed by atoms with Gasteiger partial charge in [0.1, 0.15) is 17.4 Å². The molecule has 2 N–H and O–H groups in total. The lowest BCUT2D eigenvalue weighted by Gasteiger charge is -2.32. The number of carbonyl (C=O) groups excluding carboxylic acids is 1. The van der Waals surface area contributed by atoms with E-state index in [2.05, 4.69) is 10.3 Å². The number of benzene rings is 1. The van der Waals surface area contributed by atoms with E-state index in [9.17, 15) is 18.8 Å². The molecule has 0 saturated heterocycles. The van der Waals surface area contributed by atoms with Crippen LogP contribution in [0.3, 0.4) is 0 Å². The predicted molar refractivity (Wildman–Crippen MR) is 117 cm³/mol. The molecule has 1 saturated carbocycles. The Hall–Kier alpha value is -3.55. The summed E-state index contributed by atoms with van der Waals surface area (Å²) in [6.45, 7) is 1.93. The molecule has 4 rings (SSSR count). The van der Waals surface area contributed by atoms with E-state index < -0.39 is 11.6 Å². The fourth-order valence-corrected chi connectivity index (χ4v) is 4.34. The lowest BCUT2D eigenvalue weighted by molar-refractivity contribution is -0.904. The first-order valence-electron chi connectivity index (χ1n) is 11.0. The van der Waals surface area contributed by atoms with Gasteiger partial charge in [-0.25, -0.2) is 13.8 Å². The van der Waals surface area contributed by atoms with Gasteiger partial charge in [-0.1, -0.05) is 13.3 Å². The van der Waals surface area contributed by atoms with Crippen LogP contribution in [0.2, 0.25) is 0 Å². The van der Waals surface area contributed by atoms with E-state index in [1.54, 1.807) is 24.5 Å². The van der Waals surface area contributed by atoms with E-state index in [1.807, 2.05) is 19.1 Å². The van der Waals surface area contributed by atoms with Crippen molar-refractivity contribution in [2.45, 2.75) is 38.5 Å². The van der Waals surface area contributed by atoms with Gasteiger partial charge >= 0.3 is 0 Å². The third-order valence-corrected chi connectivity index (χ3v) is 6.26. The number of hydrogen-bond acceptors (Lipinski definition) is 4. The lowest BCUT2D eigenvalue weighted by Crippen LogP contribution is -2.31. The molecule has 0 spiro atoms. The number of nitrogens with zero attached hydrogens (tertiary/aromatic N) is 2. The van der Waals surface area contributed by atoms with Crippen LogP contribution < -0.4 is 14.8 Å². The summed E-state index contributed by atoms with van der Waals surface area (Å²) in [7, 11) is 0. The minimum absolute atomic E-state index is 0.104. The fraction of sp³-hybridized carbons (Fsp3) is 0.320. The van der Waals surface area contributed by atoms with Crippen LogP contribution in [-0.4, -0.2) is 16.1 Å². The molecule has 8 heteroatoms. The molecule has 1 unspecified atom stereocenters. The molecule has 33 heavy (non-hydrogen) atoms. The molecule has 3 atom stereocenters. The van der Waals surface area contributed by atoms with E-state index in [4.69, 9.17) is 4.74 Å². The molecule has 1 aliphatic carbocycles. The number of carbonyl (C=O) groups is 1. The molecule has 2 heterocycles. The van der Waals surface area contributed by atoms with Crippen molar-refractivity contribution in [3.8, 4) is 11.5 Å². The minimum Gasteiger partial charge on any atom is -0.453 e. The van der Waals surface area contributed by atoms with Crippen molar-refractivity contribution in [3.63, 3.8) is 0 Å². The first-order valence-corrected chi connectivity index (χ1v) is 11.0. The van der Waals surface area contributed by atoms with Crippen molar-refractivity contribution >= 4 is 11.7 Å². The van der Waals surface area contributed by atoms with Crippen LogP contribution >= 0.6 is 0 Å². The number of amides is 1. The van der Waals surface area contributed by atoms with Crippen LogP contribution in [0.25, 0.3) is 0 Å². The van der Waals surface area contributed by atoms with Gasteiger partial charge in [-0.2, -0.15) is 0 Å². The van der Waals surface area contributed by atoms with Gasteiger partial charge < -0.3 is 10.1 Å². The minimum atomic E-state index is -0.807. The molecule has 172 valence electrons. The van der Waals surface area contributed by atoms with Crippen molar-refractivity contribution < 1.29 is 28.2 Å². The average molecular weight is 454 g/mol. The normalized spacial score (nSPS) is 19.0. The highest BCUT2D eigenvalue weighted by molar-refractivity contribution is 5.91. The van der Waals surface area contributed by atoms with Crippen molar-refractivity contribution in [2.24, 2.45) is 11.8 Å². The molecule has 1 aliphatic rings. The Morgan fingerprint density at radius 1 is 1.18 bits per heavy atom. The van der Waals surface area contributed by atoms with Gasteiger partial charge in [0.25, 0.3) is 0 Å². The van der Waals surface area contributed by atoms with Crippen molar-refractivity contribution in [1.82, 2.24) is 4.98 Å². The van der Waals surface area contributed by atoms with Crippen LogP contribution in [0.1, 0.15) is 44.1 Å².